The summed E-state index contributed by atoms with van der Waals surface area (Å²) in [6.45, 7) is 5.19. The van der Waals surface area contributed by atoms with Crippen molar-refractivity contribution in [1.82, 2.24) is 4.98 Å². The number of fused-ring (bicyclic) bond motifs is 4. The molecular weight excluding hydrogens is 310 g/mol. The van der Waals surface area contributed by atoms with Gasteiger partial charge in [0.15, 0.2) is 5.58 Å². The summed E-state index contributed by atoms with van der Waals surface area (Å²) < 4.78 is 6.29. The number of furan rings is 1. The summed E-state index contributed by atoms with van der Waals surface area (Å²) >= 11 is 0. The van der Waals surface area contributed by atoms with Gasteiger partial charge in [0.25, 0.3) is 0 Å². The van der Waals surface area contributed by atoms with Crippen LogP contribution in [-0.4, -0.2) is 17.6 Å². The van der Waals surface area contributed by atoms with E-state index in [1.807, 2.05) is 24.4 Å². The fourth-order valence-electron chi connectivity index (χ4n) is 3.80. The van der Waals surface area contributed by atoms with Crippen molar-refractivity contribution >= 4 is 39.1 Å². The van der Waals surface area contributed by atoms with E-state index in [4.69, 9.17) is 4.42 Å². The molecule has 2 aromatic carbocycles. The van der Waals surface area contributed by atoms with Crippen LogP contribution in [0.4, 0.5) is 17.2 Å². The van der Waals surface area contributed by atoms with Crippen LogP contribution in [0.25, 0.3) is 21.9 Å². The molecular formula is C21H19N3O. The Labute approximate surface area is 146 Å². The van der Waals surface area contributed by atoms with Gasteiger partial charge in [-0.05, 0) is 37.6 Å². The average molecular weight is 329 g/mol. The summed E-state index contributed by atoms with van der Waals surface area (Å²) in [6, 6.07) is 17.0. The average Bonchev–Trinajstić information content (AvgIpc) is 2.99. The predicted octanol–water partition coefficient (Wildman–Crippen LogP) is 5.24. The lowest BCUT2D eigenvalue weighted by molar-refractivity contribution is 0.664. The van der Waals surface area contributed by atoms with Gasteiger partial charge in [0.1, 0.15) is 11.4 Å². The number of rotatable bonds is 1. The van der Waals surface area contributed by atoms with Crippen LogP contribution in [0.15, 0.2) is 59.1 Å². The van der Waals surface area contributed by atoms with E-state index in [2.05, 4.69) is 59.4 Å². The summed E-state index contributed by atoms with van der Waals surface area (Å²) in [5.74, 6) is 0.925. The molecule has 0 amide bonds. The zero-order chi connectivity index (χ0) is 17.0. The first-order valence-electron chi connectivity index (χ1n) is 8.62. The maximum absolute atomic E-state index is 6.29. The van der Waals surface area contributed by atoms with Crippen molar-refractivity contribution < 1.29 is 4.42 Å². The Hall–Kier alpha value is -3.01. The van der Waals surface area contributed by atoms with Crippen LogP contribution >= 0.6 is 0 Å². The fraction of sp³-hybridized carbons (Fsp3) is 0.190. The number of nitrogens with zero attached hydrogens (tertiary/aromatic N) is 2. The Bertz CT molecular complexity index is 1100. The molecule has 0 saturated carbocycles. The first kappa shape index (κ1) is 14.3. The van der Waals surface area contributed by atoms with E-state index in [1.54, 1.807) is 0 Å². The Morgan fingerprint density at radius 3 is 2.88 bits per heavy atom. The van der Waals surface area contributed by atoms with Crippen LogP contribution in [0.2, 0.25) is 0 Å². The molecule has 1 aliphatic rings. The fourth-order valence-corrected chi connectivity index (χ4v) is 3.80. The van der Waals surface area contributed by atoms with Gasteiger partial charge in [-0.25, -0.2) is 4.98 Å². The van der Waals surface area contributed by atoms with Gasteiger partial charge in [-0.3, -0.25) is 0 Å². The van der Waals surface area contributed by atoms with Gasteiger partial charge in [-0.1, -0.05) is 30.3 Å². The van der Waals surface area contributed by atoms with Crippen molar-refractivity contribution in [2.24, 2.45) is 0 Å². The molecule has 4 nitrogen and oxygen atoms in total. The third-order valence-corrected chi connectivity index (χ3v) is 4.91. The van der Waals surface area contributed by atoms with Crippen molar-refractivity contribution in [2.75, 3.05) is 16.8 Å². The lowest BCUT2D eigenvalue weighted by Gasteiger charge is -2.35. The Kier molecular flexibility index (Phi) is 3.01. The van der Waals surface area contributed by atoms with Crippen LogP contribution in [0.5, 0.6) is 0 Å². The van der Waals surface area contributed by atoms with Crippen molar-refractivity contribution in [1.29, 1.82) is 0 Å². The molecule has 0 saturated heterocycles. The number of para-hydroxylation sites is 1. The molecule has 0 unspecified atom stereocenters. The summed E-state index contributed by atoms with van der Waals surface area (Å²) in [5.41, 5.74) is 5.31. The molecule has 3 heterocycles. The van der Waals surface area contributed by atoms with E-state index in [9.17, 15) is 0 Å². The number of anilines is 3. The quantitative estimate of drug-likeness (QED) is 0.518. The van der Waals surface area contributed by atoms with Crippen LogP contribution in [0.1, 0.15) is 12.5 Å². The minimum Gasteiger partial charge on any atom is -0.454 e. The van der Waals surface area contributed by atoms with Gasteiger partial charge in [0.05, 0.1) is 11.4 Å². The Balaban J connectivity index is 1.82. The van der Waals surface area contributed by atoms with E-state index in [0.717, 1.165) is 45.7 Å². The molecule has 1 aliphatic heterocycles. The second-order valence-electron chi connectivity index (χ2n) is 6.73. The highest BCUT2D eigenvalue weighted by Crippen LogP contribution is 2.42. The van der Waals surface area contributed by atoms with E-state index in [1.165, 1.54) is 5.56 Å². The largest absolute Gasteiger partial charge is 0.454 e. The van der Waals surface area contributed by atoms with E-state index >= 15 is 0 Å². The molecule has 0 radical (unpaired) electrons. The lowest BCUT2D eigenvalue weighted by atomic mass is 10.1. The number of benzene rings is 2. The third-order valence-electron chi connectivity index (χ3n) is 4.91. The first-order valence-corrected chi connectivity index (χ1v) is 8.62. The molecule has 0 bridgehead atoms. The molecule has 124 valence electrons. The van der Waals surface area contributed by atoms with Gasteiger partial charge in [0, 0.05) is 29.6 Å². The highest BCUT2D eigenvalue weighted by Gasteiger charge is 2.27. The first-order chi connectivity index (χ1) is 12.2. The van der Waals surface area contributed by atoms with Crippen molar-refractivity contribution in [3.05, 3.63) is 60.3 Å². The van der Waals surface area contributed by atoms with E-state index in [0.29, 0.717) is 6.04 Å². The lowest BCUT2D eigenvalue weighted by Crippen LogP contribution is -2.37. The molecule has 0 spiro atoms. The van der Waals surface area contributed by atoms with Crippen LogP contribution in [-0.2, 0) is 0 Å². The van der Waals surface area contributed by atoms with Gasteiger partial charge in [0.2, 0.25) is 0 Å². The smallest absolute Gasteiger partial charge is 0.159 e. The third kappa shape index (κ3) is 2.10. The topological polar surface area (TPSA) is 41.3 Å². The number of pyridine rings is 1. The molecule has 1 N–H and O–H groups in total. The van der Waals surface area contributed by atoms with Gasteiger partial charge in [-0.15, -0.1) is 0 Å². The summed E-state index contributed by atoms with van der Waals surface area (Å²) in [7, 11) is 0. The zero-order valence-corrected chi connectivity index (χ0v) is 14.3. The minimum absolute atomic E-state index is 0.307. The van der Waals surface area contributed by atoms with Gasteiger partial charge in [-0.2, -0.15) is 0 Å². The molecule has 25 heavy (non-hydrogen) atoms. The molecule has 0 fully saturated rings. The van der Waals surface area contributed by atoms with Gasteiger partial charge >= 0.3 is 0 Å². The number of aromatic nitrogens is 1. The summed E-state index contributed by atoms with van der Waals surface area (Å²) in [5, 5.41) is 5.79. The van der Waals surface area contributed by atoms with Crippen LogP contribution in [0, 0.1) is 6.92 Å². The molecule has 4 aromatic rings. The van der Waals surface area contributed by atoms with Gasteiger partial charge < -0.3 is 14.6 Å². The van der Waals surface area contributed by atoms with Crippen LogP contribution in [0.3, 0.4) is 0 Å². The molecule has 1 atom stereocenters. The Morgan fingerprint density at radius 2 is 1.96 bits per heavy atom. The van der Waals surface area contributed by atoms with Crippen molar-refractivity contribution in [3.8, 4) is 0 Å². The minimum atomic E-state index is 0.307. The van der Waals surface area contributed by atoms with E-state index in [-0.39, 0.29) is 0 Å². The predicted molar refractivity (Wildman–Crippen MR) is 103 cm³/mol. The van der Waals surface area contributed by atoms with E-state index < -0.39 is 0 Å². The maximum atomic E-state index is 6.29. The van der Waals surface area contributed by atoms with Crippen molar-refractivity contribution in [3.63, 3.8) is 0 Å². The maximum Gasteiger partial charge on any atom is 0.159 e. The molecule has 4 heteroatoms. The monoisotopic (exact) mass is 329 g/mol. The second-order valence-corrected chi connectivity index (χ2v) is 6.73. The molecule has 2 aromatic heterocycles. The molecule has 5 rings (SSSR count). The highest BCUT2D eigenvalue weighted by molar-refractivity contribution is 6.10. The molecule has 0 aliphatic carbocycles. The Morgan fingerprint density at radius 1 is 1.08 bits per heavy atom. The standard InChI is InChI=1S/C21H19N3O/c1-13-9-10-16-15-6-3-4-8-18(15)25-20(16)19(13)24-12-14(2)23-21-17(24)7-5-11-22-21/h3-11,14H,12H2,1-2H3,(H,22,23)/t14-/m1/s1. The number of hydrogen-bond acceptors (Lipinski definition) is 4. The second kappa shape index (κ2) is 5.24. The normalized spacial score (nSPS) is 16.9. The number of nitrogens with one attached hydrogen (secondary N) is 1. The number of hydrogen-bond donors (Lipinski definition) is 1. The van der Waals surface area contributed by atoms with Crippen LogP contribution < -0.4 is 10.2 Å². The highest BCUT2D eigenvalue weighted by atomic mass is 16.3. The summed E-state index contributed by atoms with van der Waals surface area (Å²) in [6.07, 6.45) is 1.83. The number of aryl methyl sites for hydroxylation is 1. The zero-order valence-electron chi connectivity index (χ0n) is 14.3. The SMILES string of the molecule is Cc1ccc2c(oc3ccccc32)c1N1C[C@@H](C)Nc2ncccc21. The summed E-state index contributed by atoms with van der Waals surface area (Å²) in [4.78, 5) is 6.85. The van der Waals surface area contributed by atoms with Crippen molar-refractivity contribution in [2.45, 2.75) is 19.9 Å².